The zero-order valence-corrected chi connectivity index (χ0v) is 28.4. The van der Waals surface area contributed by atoms with E-state index in [1.165, 1.54) is 34.8 Å². The predicted molar refractivity (Wildman–Crippen MR) is 158 cm³/mol. The third-order valence-corrected chi connectivity index (χ3v) is 12.7. The van der Waals surface area contributed by atoms with Gasteiger partial charge < -0.3 is 37.9 Å². The van der Waals surface area contributed by atoms with Gasteiger partial charge in [0.1, 0.15) is 17.8 Å². The smallest absolute Gasteiger partial charge is 0.303 e. The number of ether oxygens (including phenoxy) is 8. The van der Waals surface area contributed by atoms with Crippen molar-refractivity contribution in [1.29, 1.82) is 0 Å². The lowest BCUT2D eigenvalue weighted by Crippen LogP contribution is -2.79. The molecule has 0 N–H and O–H groups in total. The van der Waals surface area contributed by atoms with Gasteiger partial charge in [0.15, 0.2) is 11.7 Å². The Labute approximate surface area is 270 Å². The Morgan fingerprint density at radius 3 is 1.89 bits per heavy atom. The highest BCUT2D eigenvalue weighted by atomic mass is 16.6. The Hall–Kier alpha value is -2.32. The lowest BCUT2D eigenvalue weighted by Gasteiger charge is -2.70. The van der Waals surface area contributed by atoms with Crippen LogP contribution in [-0.2, 0) is 57.1 Å². The molecule has 1 heterocycles. The van der Waals surface area contributed by atoms with Gasteiger partial charge in [0.2, 0.25) is 0 Å². The fraction of sp³-hybridized carbons (Fsp3) is 0.879. The highest BCUT2D eigenvalue weighted by molar-refractivity contribution is 5.70. The van der Waals surface area contributed by atoms with Crippen LogP contribution in [0.2, 0.25) is 0 Å². The molecule has 7 bridgehead atoms. The number of hydrogen-bond acceptors (Lipinski definition) is 13. The minimum Gasteiger partial charge on any atom is -0.462 e. The summed E-state index contributed by atoms with van der Waals surface area (Å²) in [6.45, 7) is 9.05. The van der Waals surface area contributed by atoms with Gasteiger partial charge in [0.25, 0.3) is 0 Å². The summed E-state index contributed by atoms with van der Waals surface area (Å²) in [4.78, 5) is 54.1. The molecule has 1 unspecified atom stereocenters. The molecule has 0 aromatic rings. The molecule has 5 saturated carbocycles. The van der Waals surface area contributed by atoms with Gasteiger partial charge in [-0.15, -0.1) is 0 Å². The third-order valence-electron chi connectivity index (χ3n) is 12.7. The first-order valence-electron chi connectivity index (χ1n) is 16.3. The fourth-order valence-corrected chi connectivity index (χ4v) is 12.4. The van der Waals surface area contributed by atoms with Crippen molar-refractivity contribution >= 4 is 23.9 Å². The zero-order chi connectivity index (χ0) is 33.6. The van der Waals surface area contributed by atoms with Crippen LogP contribution in [0, 0.1) is 34.5 Å². The maximum absolute atomic E-state index is 13.2. The summed E-state index contributed by atoms with van der Waals surface area (Å²) in [5.41, 5.74) is -3.98. The number of carbonyl (C=O) groups excluding carboxylic acids is 4. The van der Waals surface area contributed by atoms with Crippen LogP contribution >= 0.6 is 0 Å². The number of likely N-dealkylation sites (tertiary alicyclic amines) is 1. The molecule has 13 heteroatoms. The van der Waals surface area contributed by atoms with Crippen LogP contribution in [0.5, 0.6) is 0 Å². The first-order chi connectivity index (χ1) is 21.8. The zero-order valence-electron chi connectivity index (χ0n) is 28.4. The Kier molecular flexibility index (Phi) is 8.31. The first-order valence-corrected chi connectivity index (χ1v) is 16.3. The topological polar surface area (TPSA) is 145 Å². The van der Waals surface area contributed by atoms with Gasteiger partial charge in [0.05, 0.1) is 18.8 Å². The molecule has 0 aromatic carbocycles. The molecule has 258 valence electrons. The van der Waals surface area contributed by atoms with Crippen molar-refractivity contribution < 1.29 is 57.1 Å². The van der Waals surface area contributed by atoms with E-state index >= 15 is 0 Å². The molecule has 1 aliphatic heterocycles. The lowest BCUT2D eigenvalue weighted by molar-refractivity contribution is -0.303. The molecule has 6 rings (SSSR count). The Bertz CT molecular complexity index is 1280. The number of fused-ring (bicyclic) bond motifs is 2. The van der Waals surface area contributed by atoms with E-state index in [1.807, 2.05) is 0 Å². The summed E-state index contributed by atoms with van der Waals surface area (Å²) >= 11 is 0. The van der Waals surface area contributed by atoms with Crippen molar-refractivity contribution in [3.05, 3.63) is 0 Å². The Morgan fingerprint density at radius 2 is 1.37 bits per heavy atom. The van der Waals surface area contributed by atoms with Gasteiger partial charge in [-0.2, -0.15) is 0 Å². The first kappa shape index (κ1) is 33.6. The minimum absolute atomic E-state index is 0.206. The molecular formula is C33H49NO12. The quantitative estimate of drug-likeness (QED) is 0.249. The largest absolute Gasteiger partial charge is 0.462 e. The standard InChI is InChI=1S/C33H49NO12/c1-10-34-14-30(15-39-6)21(43-16(2)35)11-22(40-7)33-20-12-31(45-18(4)37)23(41-8)13-32(46-19(5)38,24(20)29(31)44-17(3)36)25(28(33)34)26(42-9)27(30)33/h20-29H,10-15H2,1-9H3/t20-,21-,22+,23+,24-,25-,26+,27-,28?,29-,30+,31+,32-,33+/m1/s1. The SMILES string of the molecule is CCN1C[C@@]2(COC)[C@H]3[C@@H](OC)[C@@H]4C1[C@]3([C@@H](OC)C[C@H]2OC(C)=O)[C@@H]1C[C@]2(OC(C)=O)[C@@H](OC)C[C@@]4(OC(C)=O)[C@H]1[C@H]2OC(C)=O. The van der Waals surface area contributed by atoms with Gasteiger partial charge in [-0.25, -0.2) is 0 Å². The van der Waals surface area contributed by atoms with Gasteiger partial charge in [-0.1, -0.05) is 6.92 Å². The molecular weight excluding hydrogens is 602 g/mol. The molecule has 46 heavy (non-hydrogen) atoms. The van der Waals surface area contributed by atoms with Gasteiger partial charge in [0, 0.05) is 110 Å². The predicted octanol–water partition coefficient (Wildman–Crippen LogP) is 1.53. The molecule has 6 aliphatic rings. The summed E-state index contributed by atoms with van der Waals surface area (Å²) < 4.78 is 50.5. The van der Waals surface area contributed by atoms with Crippen molar-refractivity contribution in [1.82, 2.24) is 4.90 Å². The van der Waals surface area contributed by atoms with Crippen molar-refractivity contribution in [3.63, 3.8) is 0 Å². The number of hydrogen-bond donors (Lipinski definition) is 0. The highest BCUT2D eigenvalue weighted by Crippen LogP contribution is 2.81. The van der Waals surface area contributed by atoms with Gasteiger partial charge in [-0.3, -0.25) is 24.1 Å². The van der Waals surface area contributed by atoms with E-state index in [0.717, 1.165) is 0 Å². The van der Waals surface area contributed by atoms with Gasteiger partial charge >= 0.3 is 23.9 Å². The van der Waals surface area contributed by atoms with Crippen LogP contribution in [0.15, 0.2) is 0 Å². The monoisotopic (exact) mass is 651 g/mol. The maximum Gasteiger partial charge on any atom is 0.303 e. The number of piperidine rings is 1. The van der Waals surface area contributed by atoms with Crippen molar-refractivity contribution in [2.45, 2.75) is 102 Å². The molecule has 5 aliphatic carbocycles. The Balaban J connectivity index is 1.71. The van der Waals surface area contributed by atoms with E-state index < -0.39 is 88.3 Å². The van der Waals surface area contributed by atoms with Crippen molar-refractivity contribution in [2.24, 2.45) is 34.5 Å². The second-order valence-electron chi connectivity index (χ2n) is 14.3. The number of esters is 4. The normalized spacial score (nSPS) is 48.0. The number of nitrogens with zero attached hydrogens (tertiary/aromatic N) is 1. The summed E-state index contributed by atoms with van der Waals surface area (Å²) in [6.07, 6.45) is -2.32. The summed E-state index contributed by atoms with van der Waals surface area (Å²) in [6, 6.07) is -0.206. The molecule has 0 aromatic heterocycles. The molecule has 0 amide bonds. The van der Waals surface area contributed by atoms with Crippen molar-refractivity contribution in [2.75, 3.05) is 48.1 Å². The Morgan fingerprint density at radius 1 is 0.739 bits per heavy atom. The maximum atomic E-state index is 13.2. The fourth-order valence-electron chi connectivity index (χ4n) is 12.4. The summed E-state index contributed by atoms with van der Waals surface area (Å²) in [5, 5.41) is 0. The van der Waals surface area contributed by atoms with E-state index in [2.05, 4.69) is 11.8 Å². The van der Waals surface area contributed by atoms with E-state index in [9.17, 15) is 19.2 Å². The molecule has 0 radical (unpaired) electrons. The van der Waals surface area contributed by atoms with E-state index in [1.54, 1.807) is 21.3 Å². The van der Waals surface area contributed by atoms with E-state index in [4.69, 9.17) is 37.9 Å². The number of rotatable bonds is 10. The lowest BCUT2D eigenvalue weighted by atomic mass is 9.42. The van der Waals surface area contributed by atoms with Gasteiger partial charge in [-0.05, 0) is 18.9 Å². The molecule has 6 fully saturated rings. The average molecular weight is 652 g/mol. The van der Waals surface area contributed by atoms with Crippen LogP contribution in [0.3, 0.4) is 0 Å². The van der Waals surface area contributed by atoms with E-state index in [0.29, 0.717) is 19.5 Å². The second kappa shape index (κ2) is 11.4. The average Bonchev–Trinajstić information content (AvgIpc) is 3.35. The van der Waals surface area contributed by atoms with Crippen LogP contribution in [0.1, 0.15) is 53.9 Å². The molecule has 1 spiro atoms. The number of methoxy groups -OCH3 is 4. The van der Waals surface area contributed by atoms with Crippen LogP contribution in [-0.4, -0.2) is 125 Å². The minimum atomic E-state index is -1.34. The van der Waals surface area contributed by atoms with Crippen LogP contribution < -0.4 is 0 Å². The number of carbonyl (C=O) groups is 4. The molecule has 13 nitrogen and oxygen atoms in total. The highest BCUT2D eigenvalue weighted by Gasteiger charge is 2.91. The molecule has 1 saturated heterocycles. The molecule has 14 atom stereocenters. The summed E-state index contributed by atoms with van der Waals surface area (Å²) in [7, 11) is 6.54. The van der Waals surface area contributed by atoms with Crippen LogP contribution in [0.25, 0.3) is 0 Å². The third kappa shape index (κ3) is 4.04. The summed E-state index contributed by atoms with van der Waals surface area (Å²) in [5.74, 6) is -3.59. The van der Waals surface area contributed by atoms with Crippen LogP contribution in [0.4, 0.5) is 0 Å². The van der Waals surface area contributed by atoms with E-state index in [-0.39, 0.29) is 37.3 Å². The second-order valence-corrected chi connectivity index (χ2v) is 14.3. The van der Waals surface area contributed by atoms with Crippen molar-refractivity contribution in [3.8, 4) is 0 Å².